The maximum absolute atomic E-state index is 12.6. The summed E-state index contributed by atoms with van der Waals surface area (Å²) >= 11 is 0. The third-order valence-corrected chi connectivity index (χ3v) is 4.05. The number of aryl methyl sites for hydroxylation is 2. The number of nitrogens with zero attached hydrogens (tertiary/aromatic N) is 1. The lowest BCUT2D eigenvalue weighted by atomic mass is 9.99. The van der Waals surface area contributed by atoms with Gasteiger partial charge in [0.15, 0.2) is 0 Å². The topological polar surface area (TPSA) is 22.0 Å². The number of benzene rings is 2. The highest BCUT2D eigenvalue weighted by molar-refractivity contribution is 6.14. The van der Waals surface area contributed by atoms with Crippen molar-refractivity contribution in [3.8, 4) is 11.3 Å². The Labute approximate surface area is 111 Å². The molecule has 2 aromatic carbocycles. The summed E-state index contributed by atoms with van der Waals surface area (Å²) in [5.41, 5.74) is 6.29. The second kappa shape index (κ2) is 3.35. The standard InChI is InChI=1S/C17H13NO/c1-10-7-13-14(8-11(10)2)17(19)18-15-6-4-3-5-12(15)9-16(13)18/h3-9H,1-2H3. The SMILES string of the molecule is Cc1cc2c(cc1C)-c1cc3ccccc3n1C2=O. The number of carbonyl (C=O) groups excluding carboxylic acids is 1. The van der Waals surface area contributed by atoms with Crippen molar-refractivity contribution in [3.63, 3.8) is 0 Å². The second-order valence-corrected chi connectivity index (χ2v) is 5.21. The summed E-state index contributed by atoms with van der Waals surface area (Å²) in [7, 11) is 0. The molecule has 0 spiro atoms. The fourth-order valence-corrected chi connectivity index (χ4v) is 2.90. The highest BCUT2D eigenvalue weighted by atomic mass is 16.2. The third-order valence-electron chi connectivity index (χ3n) is 4.05. The van der Waals surface area contributed by atoms with Crippen LogP contribution in [-0.2, 0) is 0 Å². The molecule has 1 aliphatic rings. The molecule has 19 heavy (non-hydrogen) atoms. The van der Waals surface area contributed by atoms with Crippen LogP contribution in [0.25, 0.3) is 22.2 Å². The molecule has 0 aliphatic carbocycles. The zero-order valence-electron chi connectivity index (χ0n) is 10.9. The van der Waals surface area contributed by atoms with Crippen LogP contribution in [-0.4, -0.2) is 10.5 Å². The van der Waals surface area contributed by atoms with Gasteiger partial charge in [-0.2, -0.15) is 0 Å². The molecule has 0 bridgehead atoms. The molecule has 0 saturated carbocycles. The molecular weight excluding hydrogens is 234 g/mol. The molecule has 3 aromatic rings. The van der Waals surface area contributed by atoms with Gasteiger partial charge in [-0.3, -0.25) is 9.36 Å². The van der Waals surface area contributed by atoms with E-state index in [1.54, 1.807) is 0 Å². The summed E-state index contributed by atoms with van der Waals surface area (Å²) in [6, 6.07) is 14.3. The molecule has 0 fully saturated rings. The first-order valence-electron chi connectivity index (χ1n) is 6.43. The van der Waals surface area contributed by atoms with Crippen molar-refractivity contribution in [1.82, 2.24) is 4.57 Å². The Morgan fingerprint density at radius 2 is 1.58 bits per heavy atom. The van der Waals surface area contributed by atoms with Gasteiger partial charge in [-0.05, 0) is 49.2 Å². The van der Waals surface area contributed by atoms with Gasteiger partial charge in [-0.15, -0.1) is 0 Å². The van der Waals surface area contributed by atoms with Crippen LogP contribution in [0.15, 0.2) is 42.5 Å². The smallest absolute Gasteiger partial charge is 0.263 e. The molecule has 1 aliphatic heterocycles. The van der Waals surface area contributed by atoms with Crippen LogP contribution in [0.1, 0.15) is 21.5 Å². The normalized spacial score (nSPS) is 12.8. The number of hydrogen-bond acceptors (Lipinski definition) is 1. The molecule has 2 heteroatoms. The number of hydrogen-bond donors (Lipinski definition) is 0. The predicted octanol–water partition coefficient (Wildman–Crippen LogP) is 3.93. The van der Waals surface area contributed by atoms with Crippen LogP contribution in [0.3, 0.4) is 0 Å². The summed E-state index contributed by atoms with van der Waals surface area (Å²) < 4.78 is 1.83. The van der Waals surface area contributed by atoms with E-state index in [-0.39, 0.29) is 5.91 Å². The Bertz CT molecular complexity index is 855. The van der Waals surface area contributed by atoms with E-state index < -0.39 is 0 Å². The number of para-hydroxylation sites is 1. The molecular formula is C17H13NO. The number of fused-ring (bicyclic) bond motifs is 5. The van der Waals surface area contributed by atoms with E-state index >= 15 is 0 Å². The van der Waals surface area contributed by atoms with E-state index in [0.717, 1.165) is 27.7 Å². The zero-order chi connectivity index (χ0) is 13.1. The monoisotopic (exact) mass is 247 g/mol. The van der Waals surface area contributed by atoms with E-state index in [2.05, 4.69) is 32.0 Å². The third kappa shape index (κ3) is 1.23. The first kappa shape index (κ1) is 10.6. The molecule has 0 N–H and O–H groups in total. The van der Waals surface area contributed by atoms with Crippen molar-refractivity contribution >= 4 is 16.8 Å². The van der Waals surface area contributed by atoms with Crippen molar-refractivity contribution in [3.05, 3.63) is 59.2 Å². The summed E-state index contributed by atoms with van der Waals surface area (Å²) in [6.07, 6.45) is 0. The van der Waals surface area contributed by atoms with Crippen LogP contribution < -0.4 is 0 Å². The van der Waals surface area contributed by atoms with E-state index in [0.29, 0.717) is 0 Å². The van der Waals surface area contributed by atoms with Gasteiger partial charge in [0.1, 0.15) is 0 Å². The van der Waals surface area contributed by atoms with Gasteiger partial charge in [0.05, 0.1) is 11.2 Å². The van der Waals surface area contributed by atoms with Gasteiger partial charge in [-0.25, -0.2) is 0 Å². The lowest BCUT2D eigenvalue weighted by Gasteiger charge is -2.03. The summed E-state index contributed by atoms with van der Waals surface area (Å²) in [5, 5.41) is 1.12. The highest BCUT2D eigenvalue weighted by Crippen LogP contribution is 2.38. The molecule has 0 amide bonds. The van der Waals surface area contributed by atoms with Crippen LogP contribution >= 0.6 is 0 Å². The Kier molecular flexibility index (Phi) is 1.86. The van der Waals surface area contributed by atoms with Crippen molar-refractivity contribution in [2.75, 3.05) is 0 Å². The quantitative estimate of drug-likeness (QED) is 0.461. The van der Waals surface area contributed by atoms with Crippen molar-refractivity contribution < 1.29 is 4.79 Å². The van der Waals surface area contributed by atoms with Crippen LogP contribution in [0, 0.1) is 13.8 Å². The Morgan fingerprint density at radius 3 is 2.37 bits per heavy atom. The summed E-state index contributed by atoms with van der Waals surface area (Å²) in [5.74, 6) is 0.0919. The molecule has 0 unspecified atom stereocenters. The van der Waals surface area contributed by atoms with Crippen molar-refractivity contribution in [2.24, 2.45) is 0 Å². The predicted molar refractivity (Wildman–Crippen MR) is 76.6 cm³/mol. The molecule has 0 saturated heterocycles. The minimum Gasteiger partial charge on any atom is -0.276 e. The summed E-state index contributed by atoms with van der Waals surface area (Å²) in [4.78, 5) is 12.6. The maximum Gasteiger partial charge on any atom is 0.263 e. The first-order valence-corrected chi connectivity index (χ1v) is 6.43. The van der Waals surface area contributed by atoms with Crippen LogP contribution in [0.2, 0.25) is 0 Å². The lowest BCUT2D eigenvalue weighted by Crippen LogP contribution is -2.05. The van der Waals surface area contributed by atoms with Gasteiger partial charge in [-0.1, -0.05) is 18.2 Å². The largest absolute Gasteiger partial charge is 0.276 e. The molecule has 92 valence electrons. The van der Waals surface area contributed by atoms with Gasteiger partial charge < -0.3 is 0 Å². The van der Waals surface area contributed by atoms with E-state index in [1.165, 1.54) is 11.1 Å². The summed E-state index contributed by atoms with van der Waals surface area (Å²) in [6.45, 7) is 4.14. The van der Waals surface area contributed by atoms with Gasteiger partial charge in [0.2, 0.25) is 0 Å². The van der Waals surface area contributed by atoms with Gasteiger partial charge in [0, 0.05) is 16.5 Å². The lowest BCUT2D eigenvalue weighted by molar-refractivity contribution is 0.0973. The van der Waals surface area contributed by atoms with E-state index in [9.17, 15) is 4.79 Å². The Balaban J connectivity index is 2.14. The minimum atomic E-state index is 0.0919. The Morgan fingerprint density at radius 1 is 0.895 bits per heavy atom. The zero-order valence-corrected chi connectivity index (χ0v) is 10.9. The maximum atomic E-state index is 12.6. The fraction of sp³-hybridized carbons (Fsp3) is 0.118. The Hall–Kier alpha value is -2.35. The highest BCUT2D eigenvalue weighted by Gasteiger charge is 2.28. The first-order chi connectivity index (χ1) is 9.16. The van der Waals surface area contributed by atoms with Crippen LogP contribution in [0.5, 0.6) is 0 Å². The van der Waals surface area contributed by atoms with Crippen molar-refractivity contribution in [1.29, 1.82) is 0 Å². The fourth-order valence-electron chi connectivity index (χ4n) is 2.90. The molecule has 1 aromatic heterocycles. The van der Waals surface area contributed by atoms with Gasteiger partial charge in [0.25, 0.3) is 5.91 Å². The van der Waals surface area contributed by atoms with Gasteiger partial charge >= 0.3 is 0 Å². The average molecular weight is 247 g/mol. The molecule has 0 atom stereocenters. The number of carbonyl (C=O) groups is 1. The molecule has 2 nitrogen and oxygen atoms in total. The van der Waals surface area contributed by atoms with Crippen molar-refractivity contribution in [2.45, 2.75) is 13.8 Å². The average Bonchev–Trinajstić information content (AvgIpc) is 2.89. The van der Waals surface area contributed by atoms with E-state index in [1.807, 2.05) is 28.8 Å². The van der Waals surface area contributed by atoms with Crippen LogP contribution in [0.4, 0.5) is 0 Å². The minimum absolute atomic E-state index is 0.0919. The molecule has 2 heterocycles. The number of aromatic nitrogens is 1. The second-order valence-electron chi connectivity index (χ2n) is 5.21. The van der Waals surface area contributed by atoms with E-state index in [4.69, 9.17) is 0 Å². The molecule has 4 rings (SSSR count). The number of rotatable bonds is 0. The molecule has 0 radical (unpaired) electrons.